The van der Waals surface area contributed by atoms with Crippen LogP contribution in [-0.4, -0.2) is 15.9 Å². The molecule has 0 aliphatic carbocycles. The van der Waals surface area contributed by atoms with Crippen molar-refractivity contribution < 1.29 is 4.79 Å². The summed E-state index contributed by atoms with van der Waals surface area (Å²) < 4.78 is 0. The van der Waals surface area contributed by atoms with Crippen molar-refractivity contribution in [2.75, 3.05) is 0 Å². The number of amides is 1. The molecule has 0 saturated heterocycles. The Morgan fingerprint density at radius 1 is 1.20 bits per heavy atom. The van der Waals surface area contributed by atoms with Crippen LogP contribution in [0.3, 0.4) is 0 Å². The lowest BCUT2D eigenvalue weighted by atomic mass is 10.1. The van der Waals surface area contributed by atoms with Crippen LogP contribution in [0.4, 0.5) is 0 Å². The summed E-state index contributed by atoms with van der Waals surface area (Å²) >= 11 is 0. The summed E-state index contributed by atoms with van der Waals surface area (Å²) in [7, 11) is 0. The van der Waals surface area contributed by atoms with E-state index in [0.29, 0.717) is 12.2 Å². The van der Waals surface area contributed by atoms with Gasteiger partial charge in [-0.2, -0.15) is 0 Å². The lowest BCUT2D eigenvalue weighted by molar-refractivity contribution is -0.122. The van der Waals surface area contributed by atoms with Gasteiger partial charge in [0.25, 0.3) is 0 Å². The number of nitrogens with two attached hydrogens (primary N) is 1. The molecule has 2 aromatic rings. The lowest BCUT2D eigenvalue weighted by Crippen LogP contribution is -2.33. The first-order valence-corrected chi connectivity index (χ1v) is 6.43. The average Bonchev–Trinajstić information content (AvgIpc) is 2.46. The smallest absolute Gasteiger partial charge is 0.241 e. The number of nitrogens with one attached hydrogen (secondary N) is 1. The van der Waals surface area contributed by atoms with Gasteiger partial charge in [-0.15, -0.1) is 0 Å². The Hall–Kier alpha value is -2.27. The fourth-order valence-corrected chi connectivity index (χ4v) is 1.72. The number of carbonyl (C=O) groups is 1. The Morgan fingerprint density at radius 2 is 1.90 bits per heavy atom. The highest BCUT2D eigenvalue weighted by molar-refractivity contribution is 5.82. The largest absolute Gasteiger partial charge is 0.349 e. The Balaban J connectivity index is 1.94. The van der Waals surface area contributed by atoms with Crippen LogP contribution < -0.4 is 11.1 Å². The average molecular weight is 270 g/mol. The summed E-state index contributed by atoms with van der Waals surface area (Å²) in [4.78, 5) is 20.3. The Labute approximate surface area is 118 Å². The summed E-state index contributed by atoms with van der Waals surface area (Å²) in [5, 5.41) is 2.76. The fourth-order valence-electron chi connectivity index (χ4n) is 1.72. The molecule has 3 N–H and O–H groups in total. The van der Waals surface area contributed by atoms with E-state index in [2.05, 4.69) is 15.3 Å². The summed E-state index contributed by atoms with van der Waals surface area (Å²) in [6, 6.07) is 6.94. The molecule has 20 heavy (non-hydrogen) atoms. The minimum absolute atomic E-state index is 0.226. The molecule has 5 nitrogen and oxygen atoms in total. The topological polar surface area (TPSA) is 80.9 Å². The summed E-state index contributed by atoms with van der Waals surface area (Å²) in [5.74, 6) is -0.226. The quantitative estimate of drug-likeness (QED) is 0.880. The molecule has 0 aliphatic rings. The van der Waals surface area contributed by atoms with Crippen LogP contribution in [0.1, 0.15) is 28.6 Å². The molecule has 0 bridgehead atoms. The van der Waals surface area contributed by atoms with Crippen molar-refractivity contribution >= 4 is 5.91 Å². The predicted molar refractivity (Wildman–Crippen MR) is 76.7 cm³/mol. The first kappa shape index (κ1) is 14.1. The normalized spacial score (nSPS) is 11.9. The van der Waals surface area contributed by atoms with Crippen molar-refractivity contribution in [2.45, 2.75) is 26.4 Å². The highest BCUT2D eigenvalue weighted by Gasteiger charge is 2.15. The van der Waals surface area contributed by atoms with Crippen LogP contribution in [0, 0.1) is 13.8 Å². The summed E-state index contributed by atoms with van der Waals surface area (Å²) in [6.45, 7) is 4.18. The van der Waals surface area contributed by atoms with Crippen molar-refractivity contribution in [1.29, 1.82) is 0 Å². The van der Waals surface area contributed by atoms with Crippen molar-refractivity contribution in [3.8, 4) is 0 Å². The maximum Gasteiger partial charge on any atom is 0.241 e. The van der Waals surface area contributed by atoms with Crippen LogP contribution >= 0.6 is 0 Å². The second-order valence-electron chi connectivity index (χ2n) is 4.76. The summed E-state index contributed by atoms with van der Waals surface area (Å²) in [6.07, 6.45) is 3.31. The number of rotatable bonds is 4. The molecule has 5 heteroatoms. The molecule has 1 aromatic carbocycles. The van der Waals surface area contributed by atoms with Crippen molar-refractivity contribution in [3.05, 3.63) is 59.2 Å². The van der Waals surface area contributed by atoms with E-state index in [0.717, 1.165) is 16.8 Å². The zero-order valence-corrected chi connectivity index (χ0v) is 11.6. The monoisotopic (exact) mass is 270 g/mol. The number of hydrogen-bond donors (Lipinski definition) is 2. The van der Waals surface area contributed by atoms with E-state index in [9.17, 15) is 4.79 Å². The van der Waals surface area contributed by atoms with Crippen LogP contribution in [0.2, 0.25) is 0 Å². The molecule has 1 amide bonds. The molecule has 0 radical (unpaired) electrons. The third kappa shape index (κ3) is 3.61. The molecular formula is C15H18N4O. The maximum atomic E-state index is 12.0. The molecular weight excluding hydrogens is 252 g/mol. The van der Waals surface area contributed by atoms with Gasteiger partial charge >= 0.3 is 0 Å². The van der Waals surface area contributed by atoms with E-state index in [1.165, 1.54) is 0 Å². The fraction of sp³-hybridized carbons (Fsp3) is 0.267. The molecule has 1 aromatic heterocycles. The molecule has 2 rings (SSSR count). The Bertz CT molecular complexity index is 578. The Morgan fingerprint density at radius 3 is 2.50 bits per heavy atom. The van der Waals surface area contributed by atoms with Gasteiger partial charge in [-0.1, -0.05) is 29.8 Å². The zero-order chi connectivity index (χ0) is 14.5. The lowest BCUT2D eigenvalue weighted by Gasteiger charge is -2.12. The van der Waals surface area contributed by atoms with Gasteiger partial charge < -0.3 is 11.1 Å². The minimum Gasteiger partial charge on any atom is -0.349 e. The molecule has 0 fully saturated rings. The first-order valence-electron chi connectivity index (χ1n) is 6.43. The van der Waals surface area contributed by atoms with Gasteiger partial charge in [0, 0.05) is 6.20 Å². The van der Waals surface area contributed by atoms with Gasteiger partial charge in [0.05, 0.1) is 24.1 Å². The van der Waals surface area contributed by atoms with Gasteiger partial charge in [-0.3, -0.25) is 14.8 Å². The van der Waals surface area contributed by atoms with Gasteiger partial charge in [0.15, 0.2) is 0 Å². The number of aromatic nitrogens is 2. The number of benzene rings is 1. The summed E-state index contributed by atoms with van der Waals surface area (Å²) in [5.41, 5.74) is 9.41. The zero-order valence-electron chi connectivity index (χ0n) is 11.6. The molecule has 1 unspecified atom stereocenters. The molecule has 0 aliphatic heterocycles. The van der Waals surface area contributed by atoms with Crippen molar-refractivity contribution in [2.24, 2.45) is 5.73 Å². The third-order valence-corrected chi connectivity index (χ3v) is 3.00. The van der Waals surface area contributed by atoms with E-state index >= 15 is 0 Å². The highest BCUT2D eigenvalue weighted by Crippen LogP contribution is 2.11. The standard InChI is InChI=1S/C15H18N4O/c1-10-3-5-12(6-4-10)14(16)15(20)19-9-13-8-17-11(2)7-18-13/h3-8,14H,9,16H2,1-2H3,(H,19,20). The van der Waals surface area contributed by atoms with Gasteiger partial charge in [0.1, 0.15) is 6.04 Å². The SMILES string of the molecule is Cc1ccc(C(N)C(=O)NCc2cnc(C)cn2)cc1. The predicted octanol–water partition coefficient (Wildman–Crippen LogP) is 1.41. The van der Waals surface area contributed by atoms with Crippen LogP contribution in [0.15, 0.2) is 36.7 Å². The number of hydrogen-bond acceptors (Lipinski definition) is 4. The number of aryl methyl sites for hydroxylation is 2. The molecule has 104 valence electrons. The van der Waals surface area contributed by atoms with E-state index in [1.807, 2.05) is 38.1 Å². The van der Waals surface area contributed by atoms with Crippen LogP contribution in [0.25, 0.3) is 0 Å². The Kier molecular flexibility index (Phi) is 4.42. The van der Waals surface area contributed by atoms with Crippen LogP contribution in [-0.2, 0) is 11.3 Å². The van der Waals surface area contributed by atoms with Crippen molar-refractivity contribution in [1.82, 2.24) is 15.3 Å². The molecule has 1 atom stereocenters. The minimum atomic E-state index is -0.672. The van der Waals surface area contributed by atoms with E-state index in [-0.39, 0.29) is 5.91 Å². The molecule has 0 spiro atoms. The third-order valence-electron chi connectivity index (χ3n) is 3.00. The second kappa shape index (κ2) is 6.25. The van der Waals surface area contributed by atoms with E-state index < -0.39 is 6.04 Å². The van der Waals surface area contributed by atoms with Crippen molar-refractivity contribution in [3.63, 3.8) is 0 Å². The molecule has 0 saturated carbocycles. The number of carbonyl (C=O) groups excluding carboxylic acids is 1. The number of nitrogens with zero attached hydrogens (tertiary/aromatic N) is 2. The second-order valence-corrected chi connectivity index (χ2v) is 4.76. The van der Waals surface area contributed by atoms with E-state index in [4.69, 9.17) is 5.73 Å². The van der Waals surface area contributed by atoms with Gasteiger partial charge in [-0.05, 0) is 19.4 Å². The van der Waals surface area contributed by atoms with E-state index in [1.54, 1.807) is 12.4 Å². The molecule has 1 heterocycles. The van der Waals surface area contributed by atoms with Gasteiger partial charge in [-0.25, -0.2) is 0 Å². The first-order chi connectivity index (χ1) is 9.56. The van der Waals surface area contributed by atoms with Gasteiger partial charge in [0.2, 0.25) is 5.91 Å². The maximum absolute atomic E-state index is 12.0. The van der Waals surface area contributed by atoms with Crippen LogP contribution in [0.5, 0.6) is 0 Å². The highest BCUT2D eigenvalue weighted by atomic mass is 16.2.